The van der Waals surface area contributed by atoms with E-state index in [1.54, 1.807) is 19.1 Å². The van der Waals surface area contributed by atoms with Crippen LogP contribution in [0.15, 0.2) is 95.4 Å². The summed E-state index contributed by atoms with van der Waals surface area (Å²) >= 11 is 0. The minimum Gasteiger partial charge on any atom is -0.481 e. The zero-order chi connectivity index (χ0) is 35.4. The Morgan fingerprint density at radius 1 is 0.860 bits per heavy atom. The molecular formula is C38H34N2O10. The summed E-state index contributed by atoms with van der Waals surface area (Å²) in [4.78, 5) is 56.7. The first-order valence-electron chi connectivity index (χ1n) is 15.9. The number of para-hydroxylation sites is 2. The van der Waals surface area contributed by atoms with Crippen LogP contribution in [0.5, 0.6) is 11.5 Å². The number of carbonyl (C=O) groups excluding carboxylic acids is 1. The third-order valence-corrected chi connectivity index (χ3v) is 9.07. The number of hydrogen-bond acceptors (Lipinski definition) is 8. The Labute approximate surface area is 286 Å². The second-order valence-electron chi connectivity index (χ2n) is 12.3. The van der Waals surface area contributed by atoms with Crippen LogP contribution in [0.2, 0.25) is 0 Å². The normalized spacial score (nSPS) is 13.8. The molecule has 0 spiro atoms. The summed E-state index contributed by atoms with van der Waals surface area (Å²) in [5.74, 6) is -5.28. The predicted molar refractivity (Wildman–Crippen MR) is 182 cm³/mol. The number of nitrogens with zero attached hydrogens (tertiary/aromatic N) is 2. The number of hydrogen-bond donors (Lipinski definition) is 3. The van der Waals surface area contributed by atoms with Gasteiger partial charge in [-0.25, -0.2) is 4.98 Å². The van der Waals surface area contributed by atoms with E-state index in [4.69, 9.17) is 13.9 Å². The molecule has 2 atom stereocenters. The molecular weight excluding hydrogens is 644 g/mol. The van der Waals surface area contributed by atoms with Crippen LogP contribution in [0.3, 0.4) is 0 Å². The second-order valence-corrected chi connectivity index (χ2v) is 12.3. The zero-order valence-corrected chi connectivity index (χ0v) is 27.0. The van der Waals surface area contributed by atoms with Crippen molar-refractivity contribution in [3.8, 4) is 11.5 Å². The Morgan fingerprint density at radius 3 is 2.32 bits per heavy atom. The van der Waals surface area contributed by atoms with Gasteiger partial charge in [-0.05, 0) is 71.7 Å². The standard InChI is InChI=1S/C38H34N2O10/c1-23(28(27-15-16-31-32(18-27)49-22-48-31)9-6-12-33-39-29-10-4-5-11-30(29)50-33)40(21-24-13-14-25-7-2-3-8-26(25)17-24)34(41)19-38(36(44)45,37(46)47)20-35(42)43/h2-8,10-18,23,28H,9,19-22H2,1H3,(H,42,43)(H,44,45)(H,46,47)/b12-6+/t23-,28+/m1/s1. The van der Waals surface area contributed by atoms with Gasteiger partial charge in [0.15, 0.2) is 22.5 Å². The fraction of sp³-hybridized carbons (Fsp3) is 0.237. The topological polar surface area (TPSA) is 177 Å². The highest BCUT2D eigenvalue weighted by atomic mass is 16.7. The molecule has 3 N–H and O–H groups in total. The number of benzene rings is 4. The summed E-state index contributed by atoms with van der Waals surface area (Å²) in [6, 6.07) is 25.4. The molecule has 5 aromatic rings. The van der Waals surface area contributed by atoms with Crippen molar-refractivity contribution < 1.29 is 48.4 Å². The number of allylic oxidation sites excluding steroid dienone is 1. The molecule has 4 aromatic carbocycles. The van der Waals surface area contributed by atoms with Crippen molar-refractivity contribution in [2.24, 2.45) is 5.41 Å². The average molecular weight is 679 g/mol. The first-order chi connectivity index (χ1) is 24.0. The van der Waals surface area contributed by atoms with Crippen LogP contribution in [0.1, 0.15) is 49.1 Å². The van der Waals surface area contributed by atoms with Gasteiger partial charge in [0, 0.05) is 18.5 Å². The number of carboxylic acid groups (broad SMARTS) is 3. The fourth-order valence-electron chi connectivity index (χ4n) is 6.32. The van der Waals surface area contributed by atoms with Crippen LogP contribution in [0.25, 0.3) is 27.9 Å². The van der Waals surface area contributed by atoms with Gasteiger partial charge in [0.25, 0.3) is 0 Å². The molecule has 0 saturated heterocycles. The van der Waals surface area contributed by atoms with Crippen LogP contribution in [-0.4, -0.2) is 61.9 Å². The van der Waals surface area contributed by atoms with E-state index in [-0.39, 0.29) is 13.3 Å². The third kappa shape index (κ3) is 7.00. The molecule has 12 nitrogen and oxygen atoms in total. The van der Waals surface area contributed by atoms with E-state index >= 15 is 0 Å². The van der Waals surface area contributed by atoms with Gasteiger partial charge < -0.3 is 34.1 Å². The first kappa shape index (κ1) is 33.7. The minimum atomic E-state index is -2.88. The highest BCUT2D eigenvalue weighted by Crippen LogP contribution is 2.39. The van der Waals surface area contributed by atoms with Gasteiger partial charge in [-0.2, -0.15) is 0 Å². The van der Waals surface area contributed by atoms with E-state index in [2.05, 4.69) is 4.98 Å². The highest BCUT2D eigenvalue weighted by Gasteiger charge is 2.51. The fourth-order valence-corrected chi connectivity index (χ4v) is 6.32. The number of rotatable bonds is 14. The average Bonchev–Trinajstić information content (AvgIpc) is 3.74. The Hall–Kier alpha value is -6.17. The predicted octanol–water partition coefficient (Wildman–Crippen LogP) is 6.33. The molecule has 12 heteroatoms. The van der Waals surface area contributed by atoms with E-state index in [0.717, 1.165) is 16.3 Å². The summed E-state index contributed by atoms with van der Waals surface area (Å²) in [6.45, 7) is 1.84. The van der Waals surface area contributed by atoms with E-state index in [1.807, 2.05) is 84.9 Å². The summed E-state index contributed by atoms with van der Waals surface area (Å²) in [7, 11) is 0. The highest BCUT2D eigenvalue weighted by molar-refractivity contribution is 6.04. The first-order valence-corrected chi connectivity index (χ1v) is 15.9. The molecule has 1 aliphatic heterocycles. The minimum absolute atomic E-state index is 0.0108. The van der Waals surface area contributed by atoms with Crippen molar-refractivity contribution in [2.75, 3.05) is 6.79 Å². The quantitative estimate of drug-likeness (QED) is 0.112. The lowest BCUT2D eigenvalue weighted by Crippen LogP contribution is -2.48. The maximum atomic E-state index is 14.3. The largest absolute Gasteiger partial charge is 0.481 e. The lowest BCUT2D eigenvalue weighted by molar-refractivity contribution is -0.173. The summed E-state index contributed by atoms with van der Waals surface area (Å²) < 4.78 is 17.0. The zero-order valence-electron chi connectivity index (χ0n) is 27.0. The Balaban J connectivity index is 1.39. The van der Waals surface area contributed by atoms with Gasteiger partial charge in [0.05, 0.1) is 12.8 Å². The Bertz CT molecular complexity index is 2070. The summed E-state index contributed by atoms with van der Waals surface area (Å²) in [6.07, 6.45) is 1.58. The summed E-state index contributed by atoms with van der Waals surface area (Å²) in [5.41, 5.74) is -0.0763. The lowest BCUT2D eigenvalue weighted by Gasteiger charge is -2.37. The molecule has 0 unspecified atom stereocenters. The molecule has 2 heterocycles. The van der Waals surface area contributed by atoms with Crippen molar-refractivity contribution in [3.05, 3.63) is 108 Å². The Kier molecular flexibility index (Phi) is 9.53. The van der Waals surface area contributed by atoms with Crippen molar-refractivity contribution in [1.82, 2.24) is 9.88 Å². The molecule has 1 aliphatic rings. The van der Waals surface area contributed by atoms with Crippen LogP contribution in [0, 0.1) is 5.41 Å². The number of ether oxygens (including phenoxy) is 2. The van der Waals surface area contributed by atoms with Crippen molar-refractivity contribution in [1.29, 1.82) is 0 Å². The Morgan fingerprint density at radius 2 is 1.58 bits per heavy atom. The number of carbonyl (C=O) groups is 4. The number of oxazole rings is 1. The third-order valence-electron chi connectivity index (χ3n) is 9.07. The maximum Gasteiger partial charge on any atom is 0.322 e. The number of fused-ring (bicyclic) bond motifs is 3. The smallest absolute Gasteiger partial charge is 0.322 e. The number of aromatic nitrogens is 1. The van der Waals surface area contributed by atoms with Crippen molar-refractivity contribution >= 4 is 51.8 Å². The van der Waals surface area contributed by atoms with Crippen LogP contribution >= 0.6 is 0 Å². The van der Waals surface area contributed by atoms with Gasteiger partial charge in [0.2, 0.25) is 18.6 Å². The van der Waals surface area contributed by atoms with Crippen LogP contribution < -0.4 is 9.47 Å². The molecule has 256 valence electrons. The second kappa shape index (κ2) is 14.1. The van der Waals surface area contributed by atoms with Crippen LogP contribution in [0.4, 0.5) is 0 Å². The van der Waals surface area contributed by atoms with Gasteiger partial charge >= 0.3 is 17.9 Å². The molecule has 1 amide bonds. The van der Waals surface area contributed by atoms with E-state index in [1.165, 1.54) is 4.90 Å². The molecule has 1 aromatic heterocycles. The van der Waals surface area contributed by atoms with E-state index in [9.17, 15) is 34.5 Å². The molecule has 0 saturated carbocycles. The van der Waals surface area contributed by atoms with Crippen molar-refractivity contribution in [3.63, 3.8) is 0 Å². The molecule has 50 heavy (non-hydrogen) atoms. The van der Waals surface area contributed by atoms with Crippen molar-refractivity contribution in [2.45, 2.75) is 44.7 Å². The van der Waals surface area contributed by atoms with Gasteiger partial charge in [0.1, 0.15) is 5.52 Å². The number of aliphatic carboxylic acids is 3. The van der Waals surface area contributed by atoms with Gasteiger partial charge in [-0.3, -0.25) is 19.2 Å². The molecule has 6 rings (SSSR count). The maximum absolute atomic E-state index is 14.3. The monoisotopic (exact) mass is 678 g/mol. The molecule has 0 aliphatic carbocycles. The summed E-state index contributed by atoms with van der Waals surface area (Å²) in [5, 5.41) is 31.4. The number of carboxylic acids is 3. The SMILES string of the molecule is C[C@H]([C@H](C/C=C/c1nc2ccccc2o1)c1ccc2c(c1)OCO2)N(Cc1ccc2ccccc2c1)C(=O)CC(CC(=O)O)(C(=O)O)C(=O)O. The number of amides is 1. The van der Waals surface area contributed by atoms with Gasteiger partial charge in [-0.1, -0.05) is 60.7 Å². The molecule has 0 fully saturated rings. The van der Waals surface area contributed by atoms with E-state index in [0.29, 0.717) is 40.5 Å². The van der Waals surface area contributed by atoms with Crippen LogP contribution in [-0.2, 0) is 25.7 Å². The van der Waals surface area contributed by atoms with E-state index < -0.39 is 54.0 Å². The lowest BCUT2D eigenvalue weighted by atomic mass is 9.80. The van der Waals surface area contributed by atoms with Gasteiger partial charge in [-0.15, -0.1) is 0 Å². The molecule has 0 radical (unpaired) electrons. The molecule has 0 bridgehead atoms.